The van der Waals surface area contributed by atoms with Gasteiger partial charge in [-0.1, -0.05) is 5.16 Å². The van der Waals surface area contributed by atoms with E-state index in [-0.39, 0.29) is 23.7 Å². The maximum atomic E-state index is 12.6. The van der Waals surface area contributed by atoms with Gasteiger partial charge in [-0.25, -0.2) is 0 Å². The summed E-state index contributed by atoms with van der Waals surface area (Å²) in [5.41, 5.74) is 0.323. The van der Waals surface area contributed by atoms with Crippen molar-refractivity contribution in [2.45, 2.75) is 25.5 Å². The van der Waals surface area contributed by atoms with E-state index < -0.39 is 18.1 Å². The van der Waals surface area contributed by atoms with E-state index in [0.717, 1.165) is 0 Å². The summed E-state index contributed by atoms with van der Waals surface area (Å²) in [7, 11) is 1.57. The first-order valence-corrected chi connectivity index (χ1v) is 8.23. The lowest BCUT2D eigenvalue weighted by atomic mass is 10.0. The van der Waals surface area contributed by atoms with E-state index in [1.807, 2.05) is 0 Å². The van der Waals surface area contributed by atoms with Gasteiger partial charge < -0.3 is 24.4 Å². The topological polar surface area (TPSA) is 118 Å². The molecule has 1 aliphatic heterocycles. The largest absolute Gasteiger partial charge is 0.389 e. The van der Waals surface area contributed by atoms with Crippen LogP contribution < -0.4 is 10.9 Å². The number of nitrogens with zero attached hydrogens (tertiary/aromatic N) is 3. The van der Waals surface area contributed by atoms with E-state index in [1.54, 1.807) is 14.0 Å². The quantitative estimate of drug-likeness (QED) is 0.775. The Labute approximate surface area is 149 Å². The molecular formula is C17H20N4O5. The molecule has 2 N–H and O–H groups in total. The summed E-state index contributed by atoms with van der Waals surface area (Å²) in [4.78, 5) is 37.6. The fourth-order valence-corrected chi connectivity index (χ4v) is 2.90. The molecule has 9 heteroatoms. The third-order valence-electron chi connectivity index (χ3n) is 4.38. The fraction of sp³-hybridized carbons (Fsp3) is 0.412. The average Bonchev–Trinajstić information content (AvgIpc) is 3.05. The molecule has 2 aromatic rings. The van der Waals surface area contributed by atoms with Crippen LogP contribution in [0.25, 0.3) is 0 Å². The van der Waals surface area contributed by atoms with E-state index in [2.05, 4.69) is 10.5 Å². The first kappa shape index (κ1) is 17.9. The Bertz CT molecular complexity index is 887. The van der Waals surface area contributed by atoms with Crippen LogP contribution in [0.4, 0.5) is 0 Å². The van der Waals surface area contributed by atoms with Gasteiger partial charge >= 0.3 is 0 Å². The van der Waals surface area contributed by atoms with E-state index in [9.17, 15) is 19.5 Å². The first-order chi connectivity index (χ1) is 12.3. The van der Waals surface area contributed by atoms with E-state index in [0.29, 0.717) is 24.3 Å². The maximum Gasteiger partial charge on any atom is 0.273 e. The van der Waals surface area contributed by atoms with Crippen LogP contribution in [0.5, 0.6) is 0 Å². The van der Waals surface area contributed by atoms with Gasteiger partial charge in [0.25, 0.3) is 11.8 Å². The van der Waals surface area contributed by atoms with Crippen LogP contribution in [0.3, 0.4) is 0 Å². The fourth-order valence-electron chi connectivity index (χ4n) is 2.90. The average molecular weight is 360 g/mol. The van der Waals surface area contributed by atoms with Gasteiger partial charge in [0.2, 0.25) is 5.56 Å². The predicted molar refractivity (Wildman–Crippen MR) is 90.7 cm³/mol. The Morgan fingerprint density at radius 1 is 1.38 bits per heavy atom. The number of aromatic nitrogens is 2. The SMILES string of the molecule is Cc1cc(C(=O)N[C@@H]2CCN(C(=O)c3ccc(=O)n(C)c3)C[C@H]2O)no1. The number of aliphatic hydroxyl groups is 1. The van der Waals surface area contributed by atoms with Gasteiger partial charge in [0, 0.05) is 38.5 Å². The Morgan fingerprint density at radius 3 is 2.77 bits per heavy atom. The lowest BCUT2D eigenvalue weighted by molar-refractivity contribution is 0.0313. The predicted octanol–water partition coefficient (Wildman–Crippen LogP) is -0.313. The van der Waals surface area contributed by atoms with Crippen molar-refractivity contribution in [3.8, 4) is 0 Å². The summed E-state index contributed by atoms with van der Waals surface area (Å²) in [5.74, 6) is -0.173. The van der Waals surface area contributed by atoms with Gasteiger partial charge in [-0.2, -0.15) is 0 Å². The zero-order valence-electron chi connectivity index (χ0n) is 14.5. The normalized spacial score (nSPS) is 20.0. The Kier molecular flexibility index (Phi) is 4.90. The molecule has 3 rings (SSSR count). The van der Waals surface area contributed by atoms with Crippen LogP contribution in [0.1, 0.15) is 33.0 Å². The van der Waals surface area contributed by atoms with Crippen LogP contribution in [-0.2, 0) is 7.05 Å². The molecule has 3 heterocycles. The minimum Gasteiger partial charge on any atom is -0.389 e. The number of hydrogen-bond donors (Lipinski definition) is 2. The van der Waals surface area contributed by atoms with E-state index >= 15 is 0 Å². The summed E-state index contributed by atoms with van der Waals surface area (Å²) in [6.45, 7) is 2.15. The molecule has 0 saturated carbocycles. The molecule has 0 bridgehead atoms. The highest BCUT2D eigenvalue weighted by molar-refractivity contribution is 5.94. The molecule has 0 aromatic carbocycles. The summed E-state index contributed by atoms with van der Waals surface area (Å²) in [5, 5.41) is 16.7. The summed E-state index contributed by atoms with van der Waals surface area (Å²) < 4.78 is 6.20. The number of rotatable bonds is 3. The van der Waals surface area contributed by atoms with Gasteiger partial charge in [-0.05, 0) is 19.4 Å². The lowest BCUT2D eigenvalue weighted by Crippen LogP contribution is -2.55. The van der Waals surface area contributed by atoms with Gasteiger partial charge in [-0.15, -0.1) is 0 Å². The van der Waals surface area contributed by atoms with Crippen LogP contribution in [0, 0.1) is 6.92 Å². The number of carbonyl (C=O) groups excluding carboxylic acids is 2. The molecule has 1 fully saturated rings. The van der Waals surface area contributed by atoms with Crippen molar-refractivity contribution in [3.05, 3.63) is 51.8 Å². The van der Waals surface area contributed by atoms with Crippen LogP contribution in [0.15, 0.2) is 33.7 Å². The molecule has 0 aliphatic carbocycles. The summed E-state index contributed by atoms with van der Waals surface area (Å²) in [6, 6.07) is 3.83. The second kappa shape index (κ2) is 7.12. The monoisotopic (exact) mass is 360 g/mol. The van der Waals surface area contributed by atoms with Crippen molar-refractivity contribution in [2.24, 2.45) is 7.05 Å². The molecule has 0 spiro atoms. The molecule has 2 atom stereocenters. The number of likely N-dealkylation sites (tertiary alicyclic amines) is 1. The molecule has 0 radical (unpaired) electrons. The number of pyridine rings is 1. The van der Waals surface area contributed by atoms with Crippen molar-refractivity contribution in [2.75, 3.05) is 13.1 Å². The van der Waals surface area contributed by atoms with Gasteiger partial charge in [0.1, 0.15) is 5.76 Å². The molecule has 0 unspecified atom stereocenters. The smallest absolute Gasteiger partial charge is 0.273 e. The van der Waals surface area contributed by atoms with E-state index in [4.69, 9.17) is 4.52 Å². The Balaban J connectivity index is 1.62. The minimum absolute atomic E-state index is 0.0878. The van der Waals surface area contributed by atoms with Crippen molar-refractivity contribution < 1.29 is 19.2 Å². The highest BCUT2D eigenvalue weighted by atomic mass is 16.5. The number of nitrogens with one attached hydrogen (secondary N) is 1. The van der Waals surface area contributed by atoms with Crippen molar-refractivity contribution in [1.29, 1.82) is 0 Å². The molecule has 26 heavy (non-hydrogen) atoms. The van der Waals surface area contributed by atoms with Crippen LogP contribution in [0.2, 0.25) is 0 Å². The molecule has 138 valence electrons. The Hall–Kier alpha value is -2.94. The first-order valence-electron chi connectivity index (χ1n) is 8.23. The molecule has 1 aliphatic rings. The molecule has 2 aromatic heterocycles. The standard InChI is InChI=1S/C17H20N4O5/c1-10-7-13(19-26-10)16(24)18-12-5-6-21(9-14(12)22)17(25)11-3-4-15(23)20(2)8-11/h3-4,7-8,12,14,22H,5-6,9H2,1-2H3,(H,18,24)/t12-,14-/m1/s1. The number of hydrogen-bond acceptors (Lipinski definition) is 6. The highest BCUT2D eigenvalue weighted by Gasteiger charge is 2.32. The zero-order valence-corrected chi connectivity index (χ0v) is 14.5. The number of aryl methyl sites for hydroxylation is 2. The second-order valence-electron chi connectivity index (χ2n) is 6.38. The molecular weight excluding hydrogens is 340 g/mol. The van der Waals surface area contributed by atoms with E-state index in [1.165, 1.54) is 33.9 Å². The third kappa shape index (κ3) is 3.67. The third-order valence-corrected chi connectivity index (χ3v) is 4.38. The van der Waals surface area contributed by atoms with Crippen LogP contribution in [-0.4, -0.2) is 56.8 Å². The zero-order chi connectivity index (χ0) is 18.8. The van der Waals surface area contributed by atoms with Gasteiger partial charge in [0.15, 0.2) is 5.69 Å². The summed E-state index contributed by atoms with van der Waals surface area (Å²) >= 11 is 0. The number of aliphatic hydroxyl groups excluding tert-OH is 1. The minimum atomic E-state index is -0.905. The van der Waals surface area contributed by atoms with Crippen molar-refractivity contribution in [3.63, 3.8) is 0 Å². The highest BCUT2D eigenvalue weighted by Crippen LogP contribution is 2.15. The lowest BCUT2D eigenvalue weighted by Gasteiger charge is -2.36. The number of amides is 2. The number of carbonyl (C=O) groups is 2. The second-order valence-corrected chi connectivity index (χ2v) is 6.38. The molecule has 1 saturated heterocycles. The summed E-state index contributed by atoms with van der Waals surface area (Å²) in [6.07, 6.45) is 0.969. The number of β-amino-alcohol motifs (C(OH)–C–C–N with tert-alkyl or cyclic N) is 1. The van der Waals surface area contributed by atoms with Gasteiger partial charge in [0.05, 0.1) is 17.7 Å². The van der Waals surface area contributed by atoms with Gasteiger partial charge in [-0.3, -0.25) is 14.4 Å². The van der Waals surface area contributed by atoms with Crippen molar-refractivity contribution >= 4 is 11.8 Å². The molecule has 9 nitrogen and oxygen atoms in total. The Morgan fingerprint density at radius 2 is 2.15 bits per heavy atom. The number of piperidine rings is 1. The van der Waals surface area contributed by atoms with Crippen LogP contribution >= 0.6 is 0 Å². The maximum absolute atomic E-state index is 12.6. The van der Waals surface area contributed by atoms with Crippen molar-refractivity contribution in [1.82, 2.24) is 19.9 Å². The molecule has 2 amide bonds.